The number of ether oxygens (including phenoxy) is 1. The van der Waals surface area contributed by atoms with Gasteiger partial charge in [-0.3, -0.25) is 0 Å². The topological polar surface area (TPSA) is 42.4 Å². The zero-order valence-electron chi connectivity index (χ0n) is 11.7. The molecule has 0 radical (unpaired) electrons. The molecule has 20 heavy (non-hydrogen) atoms. The number of rotatable bonds is 6. The Kier molecular flexibility index (Phi) is 5.44. The van der Waals surface area contributed by atoms with E-state index in [2.05, 4.69) is 18.8 Å². The lowest BCUT2D eigenvalue weighted by atomic mass is 10.1. The zero-order chi connectivity index (χ0) is 14.4. The van der Waals surface area contributed by atoms with Gasteiger partial charge >= 0.3 is 0 Å². The van der Waals surface area contributed by atoms with Gasteiger partial charge in [-0.1, -0.05) is 12.1 Å². The molecule has 1 N–H and O–H groups in total. The summed E-state index contributed by atoms with van der Waals surface area (Å²) < 4.78 is 5.61. The molecular formula is C16H19NO2S. The maximum atomic E-state index is 9.92. The molecule has 0 fully saturated rings. The van der Waals surface area contributed by atoms with Crippen molar-refractivity contribution in [3.8, 4) is 5.75 Å². The van der Waals surface area contributed by atoms with Gasteiger partial charge in [-0.25, -0.2) is 4.98 Å². The molecule has 3 nitrogen and oxygen atoms in total. The molecule has 0 amide bonds. The fraction of sp³-hybridized carbons (Fsp3) is 0.312. The maximum Gasteiger partial charge on any atom is 0.119 e. The Morgan fingerprint density at radius 3 is 2.75 bits per heavy atom. The van der Waals surface area contributed by atoms with Crippen molar-refractivity contribution in [2.24, 2.45) is 0 Å². The van der Waals surface area contributed by atoms with Crippen molar-refractivity contribution in [1.82, 2.24) is 4.98 Å². The molecule has 2 rings (SSSR count). The lowest BCUT2D eigenvalue weighted by molar-refractivity contribution is 0.126. The normalized spacial score (nSPS) is 12.2. The molecule has 2 aromatic rings. The van der Waals surface area contributed by atoms with Gasteiger partial charge in [0.05, 0.1) is 11.1 Å². The van der Waals surface area contributed by atoms with E-state index in [0.717, 1.165) is 10.8 Å². The van der Waals surface area contributed by atoms with Crippen LogP contribution in [-0.4, -0.2) is 28.6 Å². The Labute approximate surface area is 124 Å². The highest BCUT2D eigenvalue weighted by atomic mass is 32.2. The predicted octanol–water partition coefficient (Wildman–Crippen LogP) is 3.23. The number of nitrogens with zero attached hydrogens (tertiary/aromatic N) is 1. The Hall–Kier alpha value is -1.52. The van der Waals surface area contributed by atoms with E-state index in [-0.39, 0.29) is 0 Å². The van der Waals surface area contributed by atoms with Gasteiger partial charge in [0.1, 0.15) is 12.4 Å². The number of aromatic nitrogens is 1. The fourth-order valence-electron chi connectivity index (χ4n) is 1.66. The van der Waals surface area contributed by atoms with Crippen LogP contribution < -0.4 is 4.74 Å². The minimum atomic E-state index is -0.511. The van der Waals surface area contributed by atoms with E-state index < -0.39 is 6.10 Å². The largest absolute Gasteiger partial charge is 0.491 e. The molecule has 0 saturated carbocycles. The van der Waals surface area contributed by atoms with E-state index in [4.69, 9.17) is 4.74 Å². The molecule has 1 aromatic heterocycles. The highest BCUT2D eigenvalue weighted by Crippen LogP contribution is 2.18. The van der Waals surface area contributed by atoms with Crippen molar-refractivity contribution in [3.63, 3.8) is 0 Å². The van der Waals surface area contributed by atoms with E-state index in [1.807, 2.05) is 36.4 Å². The second-order valence-corrected chi connectivity index (χ2v) is 5.73. The summed E-state index contributed by atoms with van der Waals surface area (Å²) in [6, 6.07) is 11.7. The van der Waals surface area contributed by atoms with E-state index in [1.165, 1.54) is 22.9 Å². The van der Waals surface area contributed by atoms with Crippen LogP contribution in [0.5, 0.6) is 5.75 Å². The van der Waals surface area contributed by atoms with Gasteiger partial charge in [-0.15, -0.1) is 11.8 Å². The van der Waals surface area contributed by atoms with E-state index in [9.17, 15) is 5.11 Å². The predicted molar refractivity (Wildman–Crippen MR) is 82.4 cm³/mol. The second kappa shape index (κ2) is 7.31. The van der Waals surface area contributed by atoms with E-state index >= 15 is 0 Å². The van der Waals surface area contributed by atoms with Gasteiger partial charge in [-0.05, 0) is 49.2 Å². The monoisotopic (exact) mass is 289 g/mol. The molecule has 0 saturated heterocycles. The third-order valence-electron chi connectivity index (χ3n) is 2.98. The molecular weight excluding hydrogens is 270 g/mol. The van der Waals surface area contributed by atoms with Gasteiger partial charge in [-0.2, -0.15) is 0 Å². The van der Waals surface area contributed by atoms with Crippen molar-refractivity contribution in [3.05, 3.63) is 53.7 Å². The molecule has 0 aliphatic carbocycles. The molecule has 0 spiro atoms. The number of hydrogen-bond acceptors (Lipinski definition) is 4. The number of benzene rings is 1. The Morgan fingerprint density at radius 1 is 1.20 bits per heavy atom. The SMILES string of the molecule is Cc1ccc(OC[C@@H](O)CSc2ccccn2)cc1C. The summed E-state index contributed by atoms with van der Waals surface area (Å²) in [5.41, 5.74) is 2.43. The van der Waals surface area contributed by atoms with Crippen molar-refractivity contribution >= 4 is 11.8 Å². The first-order valence-electron chi connectivity index (χ1n) is 6.57. The first-order chi connectivity index (χ1) is 9.65. The van der Waals surface area contributed by atoms with Crippen LogP contribution in [-0.2, 0) is 0 Å². The van der Waals surface area contributed by atoms with E-state index in [0.29, 0.717) is 12.4 Å². The summed E-state index contributed by atoms with van der Waals surface area (Å²) in [6.45, 7) is 4.41. The molecule has 0 aliphatic heterocycles. The minimum absolute atomic E-state index is 0.294. The number of aliphatic hydroxyl groups is 1. The lowest BCUT2D eigenvalue weighted by Gasteiger charge is -2.12. The van der Waals surface area contributed by atoms with Crippen LogP contribution in [0.15, 0.2) is 47.6 Å². The molecule has 0 aliphatic rings. The van der Waals surface area contributed by atoms with Gasteiger partial charge in [0.25, 0.3) is 0 Å². The van der Waals surface area contributed by atoms with Crippen molar-refractivity contribution < 1.29 is 9.84 Å². The minimum Gasteiger partial charge on any atom is -0.491 e. The number of thioether (sulfide) groups is 1. The molecule has 1 atom stereocenters. The summed E-state index contributed by atoms with van der Waals surface area (Å²) in [5, 5.41) is 10.8. The van der Waals surface area contributed by atoms with Crippen LogP contribution >= 0.6 is 11.8 Å². The summed E-state index contributed by atoms with van der Waals surface area (Å²) in [7, 11) is 0. The molecule has 1 heterocycles. The zero-order valence-corrected chi connectivity index (χ0v) is 12.6. The Balaban J connectivity index is 1.77. The lowest BCUT2D eigenvalue weighted by Crippen LogP contribution is -2.20. The first kappa shape index (κ1) is 14.9. The summed E-state index contributed by atoms with van der Waals surface area (Å²) in [6.07, 6.45) is 1.24. The first-order valence-corrected chi connectivity index (χ1v) is 7.55. The van der Waals surface area contributed by atoms with Gasteiger partial charge in [0.15, 0.2) is 0 Å². The van der Waals surface area contributed by atoms with Gasteiger partial charge < -0.3 is 9.84 Å². The third kappa shape index (κ3) is 4.54. The van der Waals surface area contributed by atoms with Crippen LogP contribution in [0.2, 0.25) is 0 Å². The highest BCUT2D eigenvalue weighted by Gasteiger charge is 2.07. The summed E-state index contributed by atoms with van der Waals surface area (Å²) in [5.74, 6) is 1.37. The van der Waals surface area contributed by atoms with Crippen LogP contribution in [0.3, 0.4) is 0 Å². The Morgan fingerprint density at radius 2 is 2.05 bits per heavy atom. The average Bonchev–Trinajstić information content (AvgIpc) is 2.47. The number of hydrogen-bond donors (Lipinski definition) is 1. The van der Waals surface area contributed by atoms with Crippen molar-refractivity contribution in [2.75, 3.05) is 12.4 Å². The number of pyridine rings is 1. The van der Waals surface area contributed by atoms with Crippen molar-refractivity contribution in [1.29, 1.82) is 0 Å². The van der Waals surface area contributed by atoms with Gasteiger partial charge in [0, 0.05) is 11.9 Å². The smallest absolute Gasteiger partial charge is 0.119 e. The van der Waals surface area contributed by atoms with Crippen LogP contribution in [0.25, 0.3) is 0 Å². The van der Waals surface area contributed by atoms with Crippen molar-refractivity contribution in [2.45, 2.75) is 25.0 Å². The molecule has 0 unspecified atom stereocenters. The van der Waals surface area contributed by atoms with Crippen LogP contribution in [0.4, 0.5) is 0 Å². The molecule has 106 valence electrons. The Bertz CT molecular complexity index is 545. The van der Waals surface area contributed by atoms with E-state index in [1.54, 1.807) is 6.20 Å². The highest BCUT2D eigenvalue weighted by molar-refractivity contribution is 7.99. The number of aryl methyl sites for hydroxylation is 2. The summed E-state index contributed by atoms with van der Waals surface area (Å²) in [4.78, 5) is 4.20. The fourth-order valence-corrected chi connectivity index (χ4v) is 2.43. The van der Waals surface area contributed by atoms with Crippen LogP contribution in [0.1, 0.15) is 11.1 Å². The standard InChI is InChI=1S/C16H19NO2S/c1-12-6-7-15(9-13(12)2)19-10-14(18)11-20-16-5-3-4-8-17-16/h3-9,14,18H,10-11H2,1-2H3/t14-/m1/s1. The molecule has 0 bridgehead atoms. The quantitative estimate of drug-likeness (QED) is 0.829. The number of aliphatic hydroxyl groups excluding tert-OH is 1. The van der Waals surface area contributed by atoms with Crippen LogP contribution in [0, 0.1) is 13.8 Å². The summed E-state index contributed by atoms with van der Waals surface area (Å²) >= 11 is 1.53. The maximum absolute atomic E-state index is 9.92. The van der Waals surface area contributed by atoms with Gasteiger partial charge in [0.2, 0.25) is 0 Å². The second-order valence-electron chi connectivity index (χ2n) is 4.69. The molecule has 4 heteroatoms. The molecule has 1 aromatic carbocycles. The average molecular weight is 289 g/mol. The third-order valence-corrected chi connectivity index (χ3v) is 4.07.